The standard InChI is InChI=1S/C6H7N.C4H9.Au.H2S/c7-6-4-2-1-3-5-6;1-3-4-2;;/h1-5H,7H2;1,3-4H2,2H3;;1H2/q;-1;;/p-1. The Morgan fingerprint density at radius 1 is 1.23 bits per heavy atom. The summed E-state index contributed by atoms with van der Waals surface area (Å²) in [5.41, 5.74) is 6.18. The van der Waals surface area contributed by atoms with E-state index in [1.807, 2.05) is 30.3 Å². The van der Waals surface area contributed by atoms with E-state index in [0.717, 1.165) is 12.1 Å². The fourth-order valence-electron chi connectivity index (χ4n) is 0.453. The van der Waals surface area contributed by atoms with E-state index in [1.54, 1.807) is 0 Å². The predicted molar refractivity (Wildman–Crippen MR) is 59.9 cm³/mol. The van der Waals surface area contributed by atoms with Gasteiger partial charge >= 0.3 is 0 Å². The molecule has 1 nitrogen and oxygen atoms in total. The third kappa shape index (κ3) is 14.9. The molecule has 0 unspecified atom stereocenters. The maximum absolute atomic E-state index is 5.36. The van der Waals surface area contributed by atoms with Crippen molar-refractivity contribution in [1.29, 1.82) is 0 Å². The van der Waals surface area contributed by atoms with Gasteiger partial charge in [0.25, 0.3) is 0 Å². The zero-order valence-electron chi connectivity index (χ0n) is 7.83. The van der Waals surface area contributed by atoms with Crippen LogP contribution in [0.3, 0.4) is 0 Å². The number of para-hydroxylation sites is 1. The average molecular weight is 380 g/mol. The number of hydrogen-bond donors (Lipinski definition) is 1. The van der Waals surface area contributed by atoms with E-state index in [0.29, 0.717) is 0 Å². The zero-order chi connectivity index (χ0) is 8.53. The third-order valence-corrected chi connectivity index (χ3v) is 1.15. The Hall–Kier alpha value is 0.110. The minimum atomic E-state index is 0. The molecule has 0 aliphatic carbocycles. The quantitative estimate of drug-likeness (QED) is 0.267. The number of nitrogens with two attached hydrogens (primary N) is 1. The van der Waals surface area contributed by atoms with Crippen molar-refractivity contribution in [2.45, 2.75) is 19.8 Å². The molecular formula is C10H17AuNS-2. The molecule has 0 heterocycles. The number of nitrogen functional groups attached to an aromatic ring is 1. The number of anilines is 1. The fraction of sp³-hybridized carbons (Fsp3) is 0.300. The van der Waals surface area contributed by atoms with Crippen LogP contribution in [0, 0.1) is 6.92 Å². The Morgan fingerprint density at radius 3 is 1.77 bits per heavy atom. The summed E-state index contributed by atoms with van der Waals surface area (Å²) in [6, 6.07) is 9.49. The first-order valence-electron chi connectivity index (χ1n) is 3.91. The van der Waals surface area contributed by atoms with Crippen molar-refractivity contribution in [2.75, 3.05) is 5.73 Å². The van der Waals surface area contributed by atoms with Gasteiger partial charge in [0, 0.05) is 28.1 Å². The molecule has 1 rings (SSSR count). The van der Waals surface area contributed by atoms with Crippen LogP contribution in [0.5, 0.6) is 0 Å². The van der Waals surface area contributed by atoms with E-state index in [4.69, 9.17) is 5.73 Å². The van der Waals surface area contributed by atoms with Crippen molar-refractivity contribution in [2.24, 2.45) is 0 Å². The van der Waals surface area contributed by atoms with E-state index in [9.17, 15) is 0 Å². The molecule has 81 valence electrons. The normalized spacial score (nSPS) is 6.92. The Bertz CT molecular complexity index is 166. The largest absolute Gasteiger partial charge is 0.813 e. The van der Waals surface area contributed by atoms with Crippen LogP contribution in [0.1, 0.15) is 19.8 Å². The number of thiol groups is 1. The molecule has 0 saturated heterocycles. The smallest absolute Gasteiger partial charge is 0.0313 e. The fourth-order valence-corrected chi connectivity index (χ4v) is 0.453. The summed E-state index contributed by atoms with van der Waals surface area (Å²) in [4.78, 5) is 0. The number of hydrogen-bond acceptors (Lipinski definition) is 2. The van der Waals surface area contributed by atoms with Gasteiger partial charge in [0.15, 0.2) is 0 Å². The van der Waals surface area contributed by atoms with E-state index >= 15 is 0 Å². The van der Waals surface area contributed by atoms with Crippen molar-refractivity contribution in [3.8, 4) is 0 Å². The summed E-state index contributed by atoms with van der Waals surface area (Å²) in [5, 5.41) is 0. The van der Waals surface area contributed by atoms with Crippen LogP contribution in [0.15, 0.2) is 30.3 Å². The Kier molecular flexibility index (Phi) is 21.2. The third-order valence-electron chi connectivity index (χ3n) is 1.15. The van der Waals surface area contributed by atoms with Crippen LogP contribution in [-0.4, -0.2) is 0 Å². The van der Waals surface area contributed by atoms with Gasteiger partial charge in [0.05, 0.1) is 0 Å². The first kappa shape index (κ1) is 18.8. The second kappa shape index (κ2) is 14.6. The first-order chi connectivity index (χ1) is 5.31. The molecule has 13 heavy (non-hydrogen) atoms. The van der Waals surface area contributed by atoms with Crippen LogP contribution in [0.4, 0.5) is 5.69 Å². The Morgan fingerprint density at radius 2 is 1.62 bits per heavy atom. The van der Waals surface area contributed by atoms with E-state index < -0.39 is 0 Å². The predicted octanol–water partition coefficient (Wildman–Crippen LogP) is 2.62. The molecule has 0 aliphatic rings. The topological polar surface area (TPSA) is 26.0 Å². The molecule has 1 aromatic rings. The van der Waals surface area contributed by atoms with Crippen molar-refractivity contribution in [1.82, 2.24) is 0 Å². The monoisotopic (exact) mass is 380 g/mol. The maximum atomic E-state index is 5.36. The second-order valence-electron chi connectivity index (χ2n) is 2.26. The molecule has 0 spiro atoms. The van der Waals surface area contributed by atoms with Gasteiger partial charge in [0.1, 0.15) is 0 Å². The van der Waals surface area contributed by atoms with Gasteiger partial charge in [-0.2, -0.15) is 6.42 Å². The summed E-state index contributed by atoms with van der Waals surface area (Å²) < 4.78 is 0. The average Bonchev–Trinajstić information content (AvgIpc) is 2.07. The minimum Gasteiger partial charge on any atom is -0.813 e. The zero-order valence-corrected chi connectivity index (χ0v) is 10.9. The maximum Gasteiger partial charge on any atom is 0.0313 e. The molecular weight excluding hydrogens is 363 g/mol. The number of benzene rings is 1. The van der Waals surface area contributed by atoms with Crippen molar-refractivity contribution < 1.29 is 22.4 Å². The van der Waals surface area contributed by atoms with Crippen LogP contribution in [0.2, 0.25) is 0 Å². The molecule has 0 saturated carbocycles. The van der Waals surface area contributed by atoms with Crippen LogP contribution < -0.4 is 5.73 Å². The van der Waals surface area contributed by atoms with Gasteiger partial charge in [-0.3, -0.25) is 0 Å². The van der Waals surface area contributed by atoms with Crippen molar-refractivity contribution in [3.63, 3.8) is 0 Å². The molecule has 0 aliphatic heterocycles. The molecule has 0 aromatic heterocycles. The molecule has 0 fully saturated rings. The summed E-state index contributed by atoms with van der Waals surface area (Å²) in [6.07, 6.45) is 2.28. The van der Waals surface area contributed by atoms with Gasteiger partial charge in [-0.15, -0.1) is 0 Å². The number of unbranched alkanes of at least 4 members (excludes halogenated alkanes) is 1. The van der Waals surface area contributed by atoms with E-state index in [2.05, 4.69) is 13.8 Å². The summed E-state index contributed by atoms with van der Waals surface area (Å²) >= 11 is 0. The van der Waals surface area contributed by atoms with Crippen LogP contribution in [0.25, 0.3) is 0 Å². The summed E-state index contributed by atoms with van der Waals surface area (Å²) in [5.74, 6) is 0. The summed E-state index contributed by atoms with van der Waals surface area (Å²) in [6.45, 7) is 5.72. The van der Waals surface area contributed by atoms with Gasteiger partial charge < -0.3 is 26.2 Å². The minimum absolute atomic E-state index is 0. The SMILES string of the molecule is Nc1ccccc1.[Au].[CH2-]CCC.[SH-]. The van der Waals surface area contributed by atoms with Gasteiger partial charge in [-0.25, -0.2) is 0 Å². The van der Waals surface area contributed by atoms with Gasteiger partial charge in [-0.1, -0.05) is 31.5 Å². The van der Waals surface area contributed by atoms with Crippen LogP contribution >= 0.6 is 0 Å². The van der Waals surface area contributed by atoms with Crippen LogP contribution in [-0.2, 0) is 35.9 Å². The van der Waals surface area contributed by atoms with E-state index in [-0.39, 0.29) is 35.9 Å². The molecule has 2 N–H and O–H groups in total. The van der Waals surface area contributed by atoms with Crippen molar-refractivity contribution >= 4 is 19.2 Å². The van der Waals surface area contributed by atoms with E-state index in [1.165, 1.54) is 6.42 Å². The van der Waals surface area contributed by atoms with Crippen molar-refractivity contribution in [3.05, 3.63) is 37.3 Å². The molecule has 0 amide bonds. The second-order valence-corrected chi connectivity index (χ2v) is 2.26. The molecule has 0 atom stereocenters. The number of rotatable bonds is 1. The molecule has 1 radical (unpaired) electrons. The van der Waals surface area contributed by atoms with Gasteiger partial charge in [-0.05, 0) is 12.1 Å². The van der Waals surface area contributed by atoms with Gasteiger partial charge in [0.2, 0.25) is 0 Å². The first-order valence-corrected chi connectivity index (χ1v) is 3.91. The molecule has 3 heteroatoms. The Balaban J connectivity index is -0.000000150. The molecule has 0 bridgehead atoms. The summed E-state index contributed by atoms with van der Waals surface area (Å²) in [7, 11) is 0. The molecule has 1 aromatic carbocycles. The Labute approximate surface area is 104 Å².